The first-order valence-corrected chi connectivity index (χ1v) is 7.96. The van der Waals surface area contributed by atoms with Crippen LogP contribution in [0.3, 0.4) is 0 Å². The lowest BCUT2D eigenvalue weighted by molar-refractivity contribution is -0.0732. The number of methoxy groups -OCH3 is 1. The van der Waals surface area contributed by atoms with Crippen molar-refractivity contribution in [1.82, 2.24) is 0 Å². The summed E-state index contributed by atoms with van der Waals surface area (Å²) >= 11 is 0. The molecule has 1 aromatic carbocycles. The van der Waals surface area contributed by atoms with Crippen LogP contribution in [-0.4, -0.2) is 39.7 Å². The van der Waals surface area contributed by atoms with E-state index in [1.165, 1.54) is 13.2 Å². The van der Waals surface area contributed by atoms with Crippen molar-refractivity contribution in [3.8, 4) is 11.5 Å². The Bertz CT molecular complexity index is 827. The lowest BCUT2D eigenvalue weighted by Crippen LogP contribution is -2.41. The van der Waals surface area contributed by atoms with Crippen LogP contribution in [0.1, 0.15) is 28.8 Å². The summed E-state index contributed by atoms with van der Waals surface area (Å²) in [6, 6.07) is 6.33. The number of aliphatic hydroxyl groups excluding tert-OH is 3. The molecule has 2 aromatic rings. The molecule has 0 saturated heterocycles. The Morgan fingerprint density at radius 2 is 1.96 bits per heavy atom. The molecule has 3 atom stereocenters. The van der Waals surface area contributed by atoms with Crippen LogP contribution in [0.15, 0.2) is 33.5 Å². The summed E-state index contributed by atoms with van der Waals surface area (Å²) in [4.78, 5) is 12.2. The number of ether oxygens (including phenoxy) is 1. The maximum Gasteiger partial charge on any atom is 0.191 e. The van der Waals surface area contributed by atoms with Crippen LogP contribution in [0, 0.1) is 0 Å². The summed E-state index contributed by atoms with van der Waals surface area (Å²) in [5.74, 6) is 1.03. The number of fused-ring (bicyclic) bond motifs is 1. The van der Waals surface area contributed by atoms with Crippen LogP contribution >= 0.6 is 0 Å². The van der Waals surface area contributed by atoms with Gasteiger partial charge in [-0.3, -0.25) is 4.79 Å². The van der Waals surface area contributed by atoms with Crippen molar-refractivity contribution in [2.45, 2.75) is 37.6 Å². The van der Waals surface area contributed by atoms with Gasteiger partial charge in [0.25, 0.3) is 0 Å². The smallest absolute Gasteiger partial charge is 0.191 e. The molecule has 1 heterocycles. The quantitative estimate of drug-likeness (QED) is 0.633. The van der Waals surface area contributed by atoms with E-state index in [1.54, 1.807) is 18.2 Å². The van der Waals surface area contributed by atoms with E-state index < -0.39 is 23.7 Å². The lowest BCUT2D eigenvalue weighted by Gasteiger charge is -2.29. The third-order valence-electron chi connectivity index (χ3n) is 4.42. The molecule has 3 rings (SSSR count). The molecule has 0 fully saturated rings. The summed E-state index contributed by atoms with van der Waals surface area (Å²) in [5.41, 5.74) is 0.421. The second-order valence-corrected chi connectivity index (χ2v) is 6.13. The number of hydrogen-bond acceptors (Lipinski definition) is 7. The molecule has 1 aliphatic rings. The van der Waals surface area contributed by atoms with E-state index in [2.05, 4.69) is 0 Å². The molecule has 1 aliphatic carbocycles. The molecule has 7 nitrogen and oxygen atoms in total. The fourth-order valence-electron chi connectivity index (χ4n) is 3.04. The van der Waals surface area contributed by atoms with Gasteiger partial charge in [-0.15, -0.1) is 0 Å². The van der Waals surface area contributed by atoms with Crippen LogP contribution in [-0.2, 0) is 19.3 Å². The van der Waals surface area contributed by atoms with Gasteiger partial charge in [0.2, 0.25) is 0 Å². The van der Waals surface area contributed by atoms with Gasteiger partial charge in [0.15, 0.2) is 16.9 Å². The molecule has 4 N–H and O–H groups in total. The standard InChI is InChI=1S/C18H20O7/c1-24-14-5-3-9(6-11(14)19)2-4-10-7-12(20)16-15(25-10)8-13(21)17(22)18(16)23/h3,5-7,13,17-19,21-23H,2,4,8H2,1H3/t13-,17+,18-/m0/s1. The van der Waals surface area contributed by atoms with Crippen molar-refractivity contribution in [3.05, 3.63) is 57.1 Å². The third-order valence-corrected chi connectivity index (χ3v) is 4.42. The van der Waals surface area contributed by atoms with Crippen molar-refractivity contribution in [2.75, 3.05) is 7.11 Å². The molecule has 0 unspecified atom stereocenters. The minimum absolute atomic E-state index is 0.00337. The molecule has 0 spiro atoms. The Morgan fingerprint density at radius 3 is 2.64 bits per heavy atom. The van der Waals surface area contributed by atoms with Gasteiger partial charge in [0.05, 0.1) is 18.8 Å². The average molecular weight is 348 g/mol. The van der Waals surface area contributed by atoms with Gasteiger partial charge in [0, 0.05) is 18.9 Å². The van der Waals surface area contributed by atoms with Crippen molar-refractivity contribution >= 4 is 0 Å². The number of aromatic hydroxyl groups is 1. The van der Waals surface area contributed by atoms with Crippen LogP contribution in [0.2, 0.25) is 0 Å². The van der Waals surface area contributed by atoms with E-state index in [9.17, 15) is 25.2 Å². The molecule has 25 heavy (non-hydrogen) atoms. The first-order chi connectivity index (χ1) is 11.9. The summed E-state index contributed by atoms with van der Waals surface area (Å²) in [6.45, 7) is 0. The molecule has 1 aromatic heterocycles. The van der Waals surface area contributed by atoms with E-state index in [1.807, 2.05) is 0 Å². The summed E-state index contributed by atoms with van der Waals surface area (Å²) < 4.78 is 10.6. The number of phenolic OH excluding ortho intramolecular Hbond substituents is 1. The highest BCUT2D eigenvalue weighted by Crippen LogP contribution is 2.29. The SMILES string of the molecule is COc1ccc(CCc2cc(=O)c3c(o2)C[C@H](O)[C@@H](O)[C@H]3O)cc1O. The normalized spacial score (nSPS) is 22.5. The average Bonchev–Trinajstić information content (AvgIpc) is 2.57. The highest BCUT2D eigenvalue weighted by atomic mass is 16.5. The largest absolute Gasteiger partial charge is 0.504 e. The third kappa shape index (κ3) is 3.39. The number of aliphatic hydroxyl groups is 3. The summed E-state index contributed by atoms with van der Waals surface area (Å²) in [6.07, 6.45) is -3.14. The lowest BCUT2D eigenvalue weighted by atomic mass is 9.89. The highest BCUT2D eigenvalue weighted by Gasteiger charge is 2.36. The molecule has 0 aliphatic heterocycles. The van der Waals surface area contributed by atoms with E-state index >= 15 is 0 Å². The number of benzene rings is 1. The van der Waals surface area contributed by atoms with Gasteiger partial charge < -0.3 is 29.6 Å². The van der Waals surface area contributed by atoms with Crippen LogP contribution in [0.5, 0.6) is 11.5 Å². The summed E-state index contributed by atoms with van der Waals surface area (Å²) in [7, 11) is 1.47. The first-order valence-electron chi connectivity index (χ1n) is 7.96. The Morgan fingerprint density at radius 1 is 1.20 bits per heavy atom. The van der Waals surface area contributed by atoms with Crippen molar-refractivity contribution in [1.29, 1.82) is 0 Å². The van der Waals surface area contributed by atoms with Gasteiger partial charge in [-0.2, -0.15) is 0 Å². The van der Waals surface area contributed by atoms with Gasteiger partial charge >= 0.3 is 0 Å². The topological polar surface area (TPSA) is 120 Å². The minimum Gasteiger partial charge on any atom is -0.504 e. The first kappa shape index (κ1) is 17.5. The van der Waals surface area contributed by atoms with Crippen molar-refractivity contribution in [3.63, 3.8) is 0 Å². The molecule has 0 saturated carbocycles. The Balaban J connectivity index is 1.81. The van der Waals surface area contributed by atoms with Gasteiger partial charge in [-0.25, -0.2) is 0 Å². The van der Waals surface area contributed by atoms with Gasteiger partial charge in [0.1, 0.15) is 23.7 Å². The van der Waals surface area contributed by atoms with Gasteiger partial charge in [-0.1, -0.05) is 6.07 Å². The Labute approximate surface area is 143 Å². The molecule has 134 valence electrons. The maximum atomic E-state index is 12.2. The Kier molecular flexibility index (Phi) is 4.80. The number of phenols is 1. The molecule has 7 heteroatoms. The van der Waals surface area contributed by atoms with Crippen molar-refractivity contribution in [2.24, 2.45) is 0 Å². The molecule has 0 bridgehead atoms. The predicted octanol–water partition coefficient (Wildman–Crippen LogP) is 0.450. The summed E-state index contributed by atoms with van der Waals surface area (Å²) in [5, 5.41) is 39.2. The maximum absolute atomic E-state index is 12.2. The van der Waals surface area contributed by atoms with E-state index in [0.29, 0.717) is 24.4 Å². The molecular formula is C18H20O7. The fourth-order valence-corrected chi connectivity index (χ4v) is 3.04. The number of rotatable bonds is 4. The van der Waals surface area contributed by atoms with E-state index in [0.717, 1.165) is 5.56 Å². The fraction of sp³-hybridized carbons (Fsp3) is 0.389. The zero-order valence-electron chi connectivity index (χ0n) is 13.7. The molecular weight excluding hydrogens is 328 g/mol. The van der Waals surface area contributed by atoms with E-state index in [4.69, 9.17) is 9.15 Å². The number of aryl methyl sites for hydroxylation is 2. The minimum atomic E-state index is -1.46. The Hall–Kier alpha value is -2.35. The second-order valence-electron chi connectivity index (χ2n) is 6.13. The van der Waals surface area contributed by atoms with Crippen LogP contribution < -0.4 is 10.2 Å². The second kappa shape index (κ2) is 6.87. The predicted molar refractivity (Wildman–Crippen MR) is 87.7 cm³/mol. The van der Waals surface area contributed by atoms with E-state index in [-0.39, 0.29) is 23.5 Å². The van der Waals surface area contributed by atoms with Crippen LogP contribution in [0.4, 0.5) is 0 Å². The monoisotopic (exact) mass is 348 g/mol. The highest BCUT2D eigenvalue weighted by molar-refractivity contribution is 5.41. The van der Waals surface area contributed by atoms with Gasteiger partial charge in [-0.05, 0) is 24.1 Å². The zero-order chi connectivity index (χ0) is 18.1. The molecule has 0 radical (unpaired) electrons. The number of hydrogen-bond donors (Lipinski definition) is 4. The zero-order valence-corrected chi connectivity index (χ0v) is 13.7. The molecule has 0 amide bonds. The van der Waals surface area contributed by atoms with Crippen LogP contribution in [0.25, 0.3) is 0 Å². The van der Waals surface area contributed by atoms with Crippen molar-refractivity contribution < 1.29 is 29.6 Å².